The molecule has 0 N–H and O–H groups in total. The first-order chi connectivity index (χ1) is 12.1. The van der Waals surface area contributed by atoms with E-state index in [2.05, 4.69) is 58.7 Å². The summed E-state index contributed by atoms with van der Waals surface area (Å²) in [7, 11) is 1.75. The zero-order chi connectivity index (χ0) is 17.8. The lowest BCUT2D eigenvalue weighted by atomic mass is 10.1. The van der Waals surface area contributed by atoms with Gasteiger partial charge in [-0.25, -0.2) is 0 Å². The molecule has 0 bridgehead atoms. The van der Waals surface area contributed by atoms with Crippen molar-refractivity contribution >= 4 is 5.69 Å². The number of methoxy groups -OCH3 is 1. The van der Waals surface area contributed by atoms with Crippen molar-refractivity contribution in [1.82, 2.24) is 14.7 Å². The van der Waals surface area contributed by atoms with Gasteiger partial charge in [0.1, 0.15) is 5.75 Å². The number of aryl methyl sites for hydroxylation is 2. The average molecular weight is 342 g/mol. The molecule has 0 spiro atoms. The SMILES string of the molecule is CCCn1cc(CN2CCN(c3ccccc3OC)C[C@@H]2C)c(C)n1. The molecular weight excluding hydrogens is 312 g/mol. The Morgan fingerprint density at radius 2 is 2.04 bits per heavy atom. The van der Waals surface area contributed by atoms with Crippen LogP contribution in [0, 0.1) is 6.92 Å². The van der Waals surface area contributed by atoms with E-state index in [9.17, 15) is 0 Å². The molecule has 0 radical (unpaired) electrons. The van der Waals surface area contributed by atoms with Crippen LogP contribution in [0.15, 0.2) is 30.5 Å². The van der Waals surface area contributed by atoms with Crippen molar-refractivity contribution in [1.29, 1.82) is 0 Å². The molecule has 0 aliphatic carbocycles. The first-order valence-corrected chi connectivity index (χ1v) is 9.27. The van der Waals surface area contributed by atoms with E-state index in [1.807, 2.05) is 12.1 Å². The number of ether oxygens (including phenoxy) is 1. The molecule has 1 fully saturated rings. The maximum atomic E-state index is 5.53. The van der Waals surface area contributed by atoms with Crippen LogP contribution in [-0.4, -0.2) is 47.5 Å². The Labute approximate surface area is 151 Å². The smallest absolute Gasteiger partial charge is 0.142 e. The molecule has 1 aliphatic heterocycles. The second-order valence-corrected chi connectivity index (χ2v) is 6.94. The van der Waals surface area contributed by atoms with E-state index in [0.717, 1.165) is 50.6 Å². The van der Waals surface area contributed by atoms with Gasteiger partial charge in [0.2, 0.25) is 0 Å². The average Bonchev–Trinajstić information content (AvgIpc) is 2.96. The Balaban J connectivity index is 1.66. The molecule has 1 aromatic carbocycles. The first-order valence-electron chi connectivity index (χ1n) is 9.27. The standard InChI is InChI=1S/C20H30N4O/c1-5-10-24-15-18(17(3)21-24)14-22-11-12-23(13-16(22)2)19-8-6-7-9-20(19)25-4/h6-9,15-16H,5,10-14H2,1-4H3/t16-/m0/s1. The molecule has 0 saturated carbocycles. The van der Waals surface area contributed by atoms with Gasteiger partial charge in [0.05, 0.1) is 18.5 Å². The van der Waals surface area contributed by atoms with Gasteiger partial charge in [0, 0.05) is 50.5 Å². The minimum Gasteiger partial charge on any atom is -0.495 e. The third-order valence-electron chi connectivity index (χ3n) is 5.07. The van der Waals surface area contributed by atoms with Crippen LogP contribution in [0.5, 0.6) is 5.75 Å². The van der Waals surface area contributed by atoms with Gasteiger partial charge >= 0.3 is 0 Å². The summed E-state index contributed by atoms with van der Waals surface area (Å²) < 4.78 is 7.62. The van der Waals surface area contributed by atoms with E-state index in [0.29, 0.717) is 6.04 Å². The second kappa shape index (κ2) is 7.91. The van der Waals surface area contributed by atoms with E-state index < -0.39 is 0 Å². The highest BCUT2D eigenvalue weighted by Gasteiger charge is 2.26. The van der Waals surface area contributed by atoms with Gasteiger partial charge in [-0.15, -0.1) is 0 Å². The van der Waals surface area contributed by atoms with Gasteiger partial charge in [-0.2, -0.15) is 5.10 Å². The molecular formula is C20H30N4O. The normalized spacial score (nSPS) is 18.6. The lowest BCUT2D eigenvalue weighted by Gasteiger charge is -2.41. The quantitative estimate of drug-likeness (QED) is 0.806. The number of rotatable bonds is 6. The number of anilines is 1. The fraction of sp³-hybridized carbons (Fsp3) is 0.550. The molecule has 1 atom stereocenters. The van der Waals surface area contributed by atoms with Gasteiger partial charge in [0.25, 0.3) is 0 Å². The molecule has 1 aliphatic rings. The third-order valence-corrected chi connectivity index (χ3v) is 5.07. The van der Waals surface area contributed by atoms with E-state index in [1.165, 1.54) is 11.3 Å². The Morgan fingerprint density at radius 1 is 1.24 bits per heavy atom. The zero-order valence-corrected chi connectivity index (χ0v) is 15.9. The first kappa shape index (κ1) is 17.8. The van der Waals surface area contributed by atoms with E-state index in [-0.39, 0.29) is 0 Å². The molecule has 136 valence electrons. The molecule has 25 heavy (non-hydrogen) atoms. The summed E-state index contributed by atoms with van der Waals surface area (Å²) in [4.78, 5) is 5.00. The molecule has 0 amide bonds. The van der Waals surface area contributed by atoms with E-state index in [1.54, 1.807) is 7.11 Å². The minimum atomic E-state index is 0.493. The summed E-state index contributed by atoms with van der Waals surface area (Å²) in [5.74, 6) is 0.958. The summed E-state index contributed by atoms with van der Waals surface area (Å²) in [6.07, 6.45) is 3.34. The van der Waals surface area contributed by atoms with Crippen molar-refractivity contribution in [2.24, 2.45) is 0 Å². The number of piperazine rings is 1. The predicted molar refractivity (Wildman–Crippen MR) is 102 cm³/mol. The van der Waals surface area contributed by atoms with Crippen molar-refractivity contribution in [3.05, 3.63) is 41.7 Å². The van der Waals surface area contributed by atoms with Crippen LogP contribution in [-0.2, 0) is 13.1 Å². The minimum absolute atomic E-state index is 0.493. The summed E-state index contributed by atoms with van der Waals surface area (Å²) in [6, 6.07) is 8.80. The number of hydrogen-bond donors (Lipinski definition) is 0. The zero-order valence-electron chi connectivity index (χ0n) is 15.9. The number of para-hydroxylation sites is 2. The maximum Gasteiger partial charge on any atom is 0.142 e. The summed E-state index contributed by atoms with van der Waals surface area (Å²) in [6.45, 7) is 11.7. The van der Waals surface area contributed by atoms with Gasteiger partial charge < -0.3 is 9.64 Å². The Hall–Kier alpha value is -2.01. The van der Waals surface area contributed by atoms with Crippen molar-refractivity contribution in [3.8, 4) is 5.75 Å². The number of benzene rings is 1. The Kier molecular flexibility index (Phi) is 5.63. The van der Waals surface area contributed by atoms with Gasteiger partial charge in [-0.05, 0) is 32.4 Å². The molecule has 2 heterocycles. The lowest BCUT2D eigenvalue weighted by Crippen LogP contribution is -2.51. The summed E-state index contributed by atoms with van der Waals surface area (Å²) >= 11 is 0. The molecule has 2 aromatic rings. The molecule has 0 unspecified atom stereocenters. The van der Waals surface area contributed by atoms with E-state index >= 15 is 0 Å². The second-order valence-electron chi connectivity index (χ2n) is 6.94. The topological polar surface area (TPSA) is 33.5 Å². The predicted octanol–water partition coefficient (Wildman–Crippen LogP) is 3.32. The van der Waals surface area contributed by atoms with Crippen LogP contribution in [0.3, 0.4) is 0 Å². The summed E-state index contributed by atoms with van der Waals surface area (Å²) in [5, 5.41) is 4.64. The van der Waals surface area contributed by atoms with Crippen LogP contribution in [0.2, 0.25) is 0 Å². The largest absolute Gasteiger partial charge is 0.495 e. The Morgan fingerprint density at radius 3 is 2.76 bits per heavy atom. The monoisotopic (exact) mass is 342 g/mol. The number of aromatic nitrogens is 2. The van der Waals surface area contributed by atoms with Gasteiger partial charge in [-0.3, -0.25) is 9.58 Å². The fourth-order valence-corrected chi connectivity index (χ4v) is 3.62. The van der Waals surface area contributed by atoms with Gasteiger partial charge in [0.15, 0.2) is 0 Å². The highest BCUT2D eigenvalue weighted by molar-refractivity contribution is 5.58. The maximum absolute atomic E-state index is 5.53. The van der Waals surface area contributed by atoms with Crippen molar-refractivity contribution in [2.75, 3.05) is 31.6 Å². The number of hydrogen-bond acceptors (Lipinski definition) is 4. The van der Waals surface area contributed by atoms with Crippen LogP contribution in [0.25, 0.3) is 0 Å². The molecule has 5 nitrogen and oxygen atoms in total. The Bertz CT molecular complexity index is 697. The van der Waals surface area contributed by atoms with Gasteiger partial charge in [-0.1, -0.05) is 19.1 Å². The van der Waals surface area contributed by atoms with Crippen molar-refractivity contribution in [3.63, 3.8) is 0 Å². The highest BCUT2D eigenvalue weighted by Crippen LogP contribution is 2.29. The fourth-order valence-electron chi connectivity index (χ4n) is 3.62. The van der Waals surface area contributed by atoms with Crippen LogP contribution in [0.4, 0.5) is 5.69 Å². The molecule has 1 aromatic heterocycles. The molecule has 1 saturated heterocycles. The highest BCUT2D eigenvalue weighted by atomic mass is 16.5. The number of nitrogens with zero attached hydrogens (tertiary/aromatic N) is 4. The van der Waals surface area contributed by atoms with Crippen LogP contribution in [0.1, 0.15) is 31.5 Å². The lowest BCUT2D eigenvalue weighted by molar-refractivity contribution is 0.180. The summed E-state index contributed by atoms with van der Waals surface area (Å²) in [5.41, 5.74) is 3.71. The third kappa shape index (κ3) is 3.98. The van der Waals surface area contributed by atoms with Crippen LogP contribution < -0.4 is 9.64 Å². The molecule has 5 heteroatoms. The van der Waals surface area contributed by atoms with Crippen molar-refractivity contribution in [2.45, 2.75) is 46.3 Å². The molecule has 3 rings (SSSR count). The van der Waals surface area contributed by atoms with Crippen molar-refractivity contribution < 1.29 is 4.74 Å². The van der Waals surface area contributed by atoms with E-state index in [4.69, 9.17) is 4.74 Å². The van der Waals surface area contributed by atoms with Crippen LogP contribution >= 0.6 is 0 Å².